The summed E-state index contributed by atoms with van der Waals surface area (Å²) in [6.45, 7) is 0.450. The topological polar surface area (TPSA) is 97.8 Å². The Morgan fingerprint density at radius 1 is 1.39 bits per heavy atom. The number of carbonyl (C=O) groups is 2. The second-order valence-electron chi connectivity index (χ2n) is 4.41. The fourth-order valence-corrected chi connectivity index (χ4v) is 1.53. The minimum Gasteiger partial charge on any atom is -0.480 e. The molecule has 1 aromatic heterocycles. The van der Waals surface area contributed by atoms with Crippen LogP contribution < -0.4 is 10.1 Å². The molecule has 2 N–H and O–H groups in total. The van der Waals surface area contributed by atoms with Crippen LogP contribution >= 0.6 is 0 Å². The van der Waals surface area contributed by atoms with Crippen LogP contribution in [0.3, 0.4) is 0 Å². The molecular weight excluding hydrogens is 321 g/mol. The Hall–Kier alpha value is -2.36. The lowest BCUT2D eigenvalue weighted by molar-refractivity contribution is -0.157. The number of rotatable bonds is 8. The van der Waals surface area contributed by atoms with E-state index in [4.69, 9.17) is 14.6 Å². The van der Waals surface area contributed by atoms with Crippen molar-refractivity contribution in [1.29, 1.82) is 0 Å². The smallest absolute Gasteiger partial charge is 0.391 e. The molecule has 0 saturated heterocycles. The molecule has 0 fully saturated rings. The Labute approximate surface area is 129 Å². The summed E-state index contributed by atoms with van der Waals surface area (Å²) in [7, 11) is 1.47. The van der Waals surface area contributed by atoms with Crippen molar-refractivity contribution in [2.45, 2.75) is 18.6 Å². The molecule has 0 aliphatic carbocycles. The first kappa shape index (κ1) is 18.7. The highest BCUT2D eigenvalue weighted by molar-refractivity contribution is 5.96. The summed E-state index contributed by atoms with van der Waals surface area (Å²) in [4.78, 5) is 26.5. The quantitative estimate of drug-likeness (QED) is 0.693. The first-order valence-electron chi connectivity index (χ1n) is 6.41. The molecule has 1 rings (SSSR count). The van der Waals surface area contributed by atoms with Crippen LogP contribution in [0, 0.1) is 0 Å². The Bertz CT molecular complexity index is 551. The van der Waals surface area contributed by atoms with Gasteiger partial charge in [0.25, 0.3) is 5.91 Å². The van der Waals surface area contributed by atoms with Crippen LogP contribution in [-0.4, -0.2) is 54.5 Å². The first-order chi connectivity index (χ1) is 10.7. The second kappa shape index (κ2) is 8.32. The lowest BCUT2D eigenvalue weighted by Crippen LogP contribution is -2.43. The van der Waals surface area contributed by atoms with Gasteiger partial charge in [0.2, 0.25) is 5.88 Å². The largest absolute Gasteiger partial charge is 0.480 e. The van der Waals surface area contributed by atoms with Gasteiger partial charge in [0.1, 0.15) is 12.6 Å². The molecule has 0 radical (unpaired) electrons. The monoisotopic (exact) mass is 336 g/mol. The molecule has 1 heterocycles. The van der Waals surface area contributed by atoms with E-state index in [1.165, 1.54) is 25.4 Å². The van der Waals surface area contributed by atoms with Crippen molar-refractivity contribution in [2.75, 3.05) is 20.3 Å². The van der Waals surface area contributed by atoms with E-state index in [2.05, 4.69) is 4.98 Å². The Kier molecular flexibility index (Phi) is 6.76. The molecule has 0 aliphatic rings. The third-order valence-corrected chi connectivity index (χ3v) is 2.57. The fraction of sp³-hybridized carbons (Fsp3) is 0.462. The number of halogens is 3. The summed E-state index contributed by atoms with van der Waals surface area (Å²) in [6.07, 6.45) is -5.17. The van der Waals surface area contributed by atoms with E-state index in [1.54, 1.807) is 0 Å². The van der Waals surface area contributed by atoms with Crippen molar-refractivity contribution < 1.29 is 37.3 Å². The molecule has 1 aromatic rings. The highest BCUT2D eigenvalue weighted by atomic mass is 19.4. The van der Waals surface area contributed by atoms with Gasteiger partial charge in [0.05, 0.1) is 13.0 Å². The van der Waals surface area contributed by atoms with Gasteiger partial charge in [0.15, 0.2) is 0 Å². The number of alkyl halides is 3. The molecule has 0 aromatic carbocycles. The zero-order chi connectivity index (χ0) is 17.5. The SMILES string of the molecule is COCCOc1cc(C(=O)NC(CC(F)(F)F)C(=O)O)ccn1. The van der Waals surface area contributed by atoms with Crippen LogP contribution in [0.1, 0.15) is 16.8 Å². The molecule has 0 spiro atoms. The number of amides is 1. The Balaban J connectivity index is 2.75. The molecule has 0 bridgehead atoms. The van der Waals surface area contributed by atoms with Crippen LogP contribution in [0.2, 0.25) is 0 Å². The van der Waals surface area contributed by atoms with Crippen LogP contribution in [0.25, 0.3) is 0 Å². The van der Waals surface area contributed by atoms with E-state index >= 15 is 0 Å². The summed E-state index contributed by atoms with van der Waals surface area (Å²) in [5.74, 6) is -2.68. The maximum absolute atomic E-state index is 12.3. The zero-order valence-electron chi connectivity index (χ0n) is 12.1. The third-order valence-electron chi connectivity index (χ3n) is 2.57. The minimum atomic E-state index is -4.72. The predicted molar refractivity (Wildman–Crippen MR) is 71.2 cm³/mol. The molecule has 1 amide bonds. The van der Waals surface area contributed by atoms with Gasteiger partial charge in [0, 0.05) is 24.9 Å². The summed E-state index contributed by atoms with van der Waals surface area (Å²) < 4.78 is 46.8. The molecule has 0 saturated carbocycles. The van der Waals surface area contributed by atoms with Crippen LogP contribution in [0.15, 0.2) is 18.3 Å². The number of nitrogens with zero attached hydrogens (tertiary/aromatic N) is 1. The molecule has 128 valence electrons. The molecule has 1 atom stereocenters. The van der Waals surface area contributed by atoms with Crippen LogP contribution in [0.5, 0.6) is 5.88 Å². The van der Waals surface area contributed by atoms with Crippen molar-refractivity contribution in [3.8, 4) is 5.88 Å². The molecule has 0 aliphatic heterocycles. The number of methoxy groups -OCH3 is 1. The lowest BCUT2D eigenvalue weighted by atomic mass is 10.1. The number of aliphatic carboxylic acids is 1. The first-order valence-corrected chi connectivity index (χ1v) is 6.41. The highest BCUT2D eigenvalue weighted by Gasteiger charge is 2.36. The Morgan fingerprint density at radius 2 is 2.09 bits per heavy atom. The van der Waals surface area contributed by atoms with Gasteiger partial charge in [-0.05, 0) is 6.07 Å². The van der Waals surface area contributed by atoms with E-state index < -0.39 is 30.5 Å². The third kappa shape index (κ3) is 6.96. The van der Waals surface area contributed by atoms with Crippen LogP contribution in [-0.2, 0) is 9.53 Å². The number of carboxylic acids is 1. The minimum absolute atomic E-state index is 0.0670. The number of carbonyl (C=O) groups excluding carboxylic acids is 1. The summed E-state index contributed by atoms with van der Waals surface area (Å²) in [5, 5.41) is 10.6. The van der Waals surface area contributed by atoms with E-state index in [0.29, 0.717) is 0 Å². The van der Waals surface area contributed by atoms with Crippen molar-refractivity contribution in [1.82, 2.24) is 10.3 Å². The molecule has 7 nitrogen and oxygen atoms in total. The van der Waals surface area contributed by atoms with Gasteiger partial charge in [-0.25, -0.2) is 9.78 Å². The van der Waals surface area contributed by atoms with E-state index in [-0.39, 0.29) is 24.7 Å². The van der Waals surface area contributed by atoms with E-state index in [1.807, 2.05) is 5.32 Å². The highest BCUT2D eigenvalue weighted by Crippen LogP contribution is 2.22. The van der Waals surface area contributed by atoms with Gasteiger partial charge in [-0.2, -0.15) is 13.2 Å². The Morgan fingerprint density at radius 3 is 2.65 bits per heavy atom. The van der Waals surface area contributed by atoms with Crippen molar-refractivity contribution in [3.63, 3.8) is 0 Å². The average molecular weight is 336 g/mol. The summed E-state index contributed by atoms with van der Waals surface area (Å²) >= 11 is 0. The fourth-order valence-electron chi connectivity index (χ4n) is 1.53. The average Bonchev–Trinajstić information content (AvgIpc) is 2.45. The van der Waals surface area contributed by atoms with Gasteiger partial charge < -0.3 is 19.9 Å². The van der Waals surface area contributed by atoms with Gasteiger partial charge in [-0.15, -0.1) is 0 Å². The maximum Gasteiger partial charge on any atom is 0.391 e. The molecular formula is C13H15F3N2O5. The van der Waals surface area contributed by atoms with Crippen molar-refractivity contribution >= 4 is 11.9 Å². The van der Waals surface area contributed by atoms with Crippen molar-refractivity contribution in [3.05, 3.63) is 23.9 Å². The van der Waals surface area contributed by atoms with Crippen molar-refractivity contribution in [2.24, 2.45) is 0 Å². The number of hydrogen-bond acceptors (Lipinski definition) is 5. The molecule has 23 heavy (non-hydrogen) atoms. The number of hydrogen-bond donors (Lipinski definition) is 2. The number of pyridine rings is 1. The number of carboxylic acid groups (broad SMARTS) is 1. The zero-order valence-corrected chi connectivity index (χ0v) is 12.1. The maximum atomic E-state index is 12.3. The normalized spacial score (nSPS) is 12.5. The molecule has 1 unspecified atom stereocenters. The van der Waals surface area contributed by atoms with E-state index in [0.717, 1.165) is 0 Å². The second-order valence-corrected chi connectivity index (χ2v) is 4.41. The van der Waals surface area contributed by atoms with Gasteiger partial charge >= 0.3 is 12.1 Å². The summed E-state index contributed by atoms with van der Waals surface area (Å²) in [6, 6.07) is 0.344. The predicted octanol–water partition coefficient (Wildman–Crippen LogP) is 1.24. The van der Waals surface area contributed by atoms with Gasteiger partial charge in [-0.1, -0.05) is 0 Å². The molecule has 10 heteroatoms. The number of ether oxygens (including phenoxy) is 2. The number of nitrogens with one attached hydrogen (secondary N) is 1. The summed E-state index contributed by atoms with van der Waals surface area (Å²) in [5.41, 5.74) is -0.0687. The number of aromatic nitrogens is 1. The van der Waals surface area contributed by atoms with E-state index in [9.17, 15) is 22.8 Å². The standard InChI is InChI=1S/C13H15F3N2O5/c1-22-4-5-23-10-6-8(2-3-17-10)11(19)18-9(12(20)21)7-13(14,15)16/h2-3,6,9H,4-5,7H2,1H3,(H,18,19)(H,20,21). The lowest BCUT2D eigenvalue weighted by Gasteiger charge is -2.16. The van der Waals surface area contributed by atoms with Gasteiger partial charge in [-0.3, -0.25) is 4.79 Å². The van der Waals surface area contributed by atoms with Crippen LogP contribution in [0.4, 0.5) is 13.2 Å².